The summed E-state index contributed by atoms with van der Waals surface area (Å²) in [5, 5.41) is 4.24. The van der Waals surface area contributed by atoms with E-state index in [1.807, 2.05) is 6.07 Å². The molecule has 3 rings (SSSR count). The van der Waals surface area contributed by atoms with Crippen molar-refractivity contribution in [2.75, 3.05) is 0 Å². The van der Waals surface area contributed by atoms with E-state index in [9.17, 15) is 21.6 Å². The molecule has 148 valence electrons. The lowest BCUT2D eigenvalue weighted by Crippen LogP contribution is -2.23. The molecular formula is C17H15F3N4O3S. The smallest absolute Gasteiger partial charge is 0.406 e. The van der Waals surface area contributed by atoms with Gasteiger partial charge in [-0.15, -0.1) is 13.2 Å². The van der Waals surface area contributed by atoms with Crippen LogP contribution in [0.4, 0.5) is 13.2 Å². The molecule has 0 fully saturated rings. The summed E-state index contributed by atoms with van der Waals surface area (Å²) in [4.78, 5) is 4.03. The van der Waals surface area contributed by atoms with Crippen LogP contribution in [-0.2, 0) is 23.6 Å². The largest absolute Gasteiger partial charge is 0.573 e. The van der Waals surface area contributed by atoms with E-state index in [0.717, 1.165) is 24.3 Å². The maximum atomic E-state index is 12.3. The molecule has 0 radical (unpaired) electrons. The van der Waals surface area contributed by atoms with Crippen LogP contribution < -0.4 is 9.46 Å². The summed E-state index contributed by atoms with van der Waals surface area (Å²) in [7, 11) is -2.23. The van der Waals surface area contributed by atoms with Gasteiger partial charge in [-0.25, -0.2) is 13.1 Å². The van der Waals surface area contributed by atoms with E-state index < -0.39 is 22.1 Å². The molecule has 0 saturated carbocycles. The van der Waals surface area contributed by atoms with E-state index in [1.54, 1.807) is 36.1 Å². The summed E-state index contributed by atoms with van der Waals surface area (Å²) in [6.07, 6.45) is -3.21. The van der Waals surface area contributed by atoms with Crippen LogP contribution in [0.15, 0.2) is 59.6 Å². The Labute approximate surface area is 158 Å². The van der Waals surface area contributed by atoms with Crippen LogP contribution in [0.5, 0.6) is 5.75 Å². The number of benzene rings is 1. The Hall–Kier alpha value is -2.92. The number of hydrogen-bond acceptors (Lipinski definition) is 5. The molecule has 1 aromatic carbocycles. The van der Waals surface area contributed by atoms with Crippen molar-refractivity contribution in [2.24, 2.45) is 7.05 Å². The number of nitrogens with zero attached hydrogens (tertiary/aromatic N) is 3. The van der Waals surface area contributed by atoms with Gasteiger partial charge in [0.15, 0.2) is 0 Å². The average molecular weight is 412 g/mol. The number of nitrogens with one attached hydrogen (secondary N) is 1. The molecule has 28 heavy (non-hydrogen) atoms. The first kappa shape index (κ1) is 19.8. The zero-order valence-corrected chi connectivity index (χ0v) is 15.3. The topological polar surface area (TPSA) is 86.1 Å². The molecule has 0 spiro atoms. The predicted molar refractivity (Wildman–Crippen MR) is 93.6 cm³/mol. The van der Waals surface area contributed by atoms with E-state index in [2.05, 4.69) is 19.5 Å². The first-order valence-electron chi connectivity index (χ1n) is 7.94. The molecule has 0 aliphatic rings. The monoisotopic (exact) mass is 412 g/mol. The first-order valence-corrected chi connectivity index (χ1v) is 9.42. The lowest BCUT2D eigenvalue weighted by atomic mass is 10.2. The number of pyridine rings is 1. The van der Waals surface area contributed by atoms with Crippen molar-refractivity contribution in [3.05, 3.63) is 60.4 Å². The van der Waals surface area contributed by atoms with Crippen molar-refractivity contribution in [2.45, 2.75) is 17.8 Å². The van der Waals surface area contributed by atoms with Gasteiger partial charge in [0.25, 0.3) is 0 Å². The van der Waals surface area contributed by atoms with Crippen LogP contribution in [0.2, 0.25) is 0 Å². The Morgan fingerprint density at radius 2 is 1.86 bits per heavy atom. The van der Waals surface area contributed by atoms with Crippen molar-refractivity contribution in [3.63, 3.8) is 0 Å². The normalized spacial score (nSPS) is 12.1. The number of ether oxygens (including phenoxy) is 1. The highest BCUT2D eigenvalue weighted by Gasteiger charge is 2.31. The molecule has 3 aromatic rings. The van der Waals surface area contributed by atoms with Gasteiger partial charge in [-0.2, -0.15) is 5.10 Å². The highest BCUT2D eigenvalue weighted by Crippen LogP contribution is 2.24. The fourth-order valence-electron chi connectivity index (χ4n) is 2.44. The Kier molecular flexibility index (Phi) is 5.38. The second-order valence-electron chi connectivity index (χ2n) is 5.70. The van der Waals surface area contributed by atoms with Gasteiger partial charge in [0.05, 0.1) is 28.5 Å². The number of rotatable bonds is 6. The first-order chi connectivity index (χ1) is 13.1. The van der Waals surface area contributed by atoms with Gasteiger partial charge in [0.1, 0.15) is 5.75 Å². The summed E-state index contributed by atoms with van der Waals surface area (Å²) in [6, 6.07) is 11.0. The zero-order valence-electron chi connectivity index (χ0n) is 14.5. The van der Waals surface area contributed by atoms with Gasteiger partial charge in [0, 0.05) is 13.2 Å². The van der Waals surface area contributed by atoms with E-state index in [1.165, 1.54) is 0 Å². The van der Waals surface area contributed by atoms with Crippen LogP contribution in [-0.4, -0.2) is 29.5 Å². The number of aromatic nitrogens is 3. The molecule has 2 aromatic heterocycles. The van der Waals surface area contributed by atoms with E-state index in [4.69, 9.17) is 0 Å². The minimum atomic E-state index is -4.84. The summed E-state index contributed by atoms with van der Waals surface area (Å²) in [5.74, 6) is -0.504. The standard InChI is InChI=1S/C17H15F3N4O3S/c1-24-16(15-4-2-3-9-21-15)10-12(23-24)11-22-28(25,26)14-7-5-13(6-8-14)27-17(18,19)20/h2-10,22H,11H2,1H3. The number of aryl methyl sites for hydroxylation is 1. The predicted octanol–water partition coefficient (Wildman–Crippen LogP) is 2.86. The molecule has 0 aliphatic heterocycles. The highest BCUT2D eigenvalue weighted by molar-refractivity contribution is 7.89. The molecule has 0 bridgehead atoms. The van der Waals surface area contributed by atoms with Gasteiger partial charge in [-0.3, -0.25) is 9.67 Å². The molecule has 7 nitrogen and oxygen atoms in total. The molecule has 0 unspecified atom stereocenters. The van der Waals surface area contributed by atoms with Gasteiger partial charge < -0.3 is 4.74 Å². The molecule has 2 heterocycles. The molecule has 0 atom stereocenters. The fraction of sp³-hybridized carbons (Fsp3) is 0.176. The van der Waals surface area contributed by atoms with Crippen molar-refractivity contribution in [1.29, 1.82) is 0 Å². The summed E-state index contributed by atoms with van der Waals surface area (Å²) >= 11 is 0. The van der Waals surface area contributed by atoms with Crippen LogP contribution in [0.25, 0.3) is 11.4 Å². The highest BCUT2D eigenvalue weighted by atomic mass is 32.2. The van der Waals surface area contributed by atoms with Crippen LogP contribution in [0.1, 0.15) is 5.69 Å². The van der Waals surface area contributed by atoms with Gasteiger partial charge in [-0.05, 0) is 42.5 Å². The molecule has 0 aliphatic carbocycles. The number of hydrogen-bond donors (Lipinski definition) is 1. The Bertz CT molecular complexity index is 1050. The Balaban J connectivity index is 1.70. The lowest BCUT2D eigenvalue weighted by Gasteiger charge is -2.10. The molecule has 0 amide bonds. The van der Waals surface area contributed by atoms with Crippen LogP contribution in [0.3, 0.4) is 0 Å². The van der Waals surface area contributed by atoms with E-state index >= 15 is 0 Å². The summed E-state index contributed by atoms with van der Waals surface area (Å²) < 4.78 is 68.9. The second kappa shape index (κ2) is 7.60. The molecule has 11 heteroatoms. The van der Waals surface area contributed by atoms with Gasteiger partial charge in [0.2, 0.25) is 10.0 Å². The van der Waals surface area contributed by atoms with Crippen LogP contribution in [0, 0.1) is 0 Å². The van der Waals surface area contributed by atoms with Gasteiger partial charge >= 0.3 is 6.36 Å². The maximum absolute atomic E-state index is 12.3. The van der Waals surface area contributed by atoms with E-state index in [0.29, 0.717) is 17.1 Å². The third-order valence-electron chi connectivity index (χ3n) is 3.67. The minimum Gasteiger partial charge on any atom is -0.406 e. The van der Waals surface area contributed by atoms with Gasteiger partial charge in [-0.1, -0.05) is 6.07 Å². The third kappa shape index (κ3) is 4.87. The minimum absolute atomic E-state index is 0.0934. The molecule has 1 N–H and O–H groups in total. The molecule has 0 saturated heterocycles. The number of alkyl halides is 3. The third-order valence-corrected chi connectivity index (χ3v) is 5.09. The summed E-state index contributed by atoms with van der Waals surface area (Å²) in [5.41, 5.74) is 1.86. The maximum Gasteiger partial charge on any atom is 0.573 e. The Morgan fingerprint density at radius 3 is 2.46 bits per heavy atom. The SMILES string of the molecule is Cn1nc(CNS(=O)(=O)c2ccc(OC(F)(F)F)cc2)cc1-c1ccccn1. The van der Waals surface area contributed by atoms with Crippen molar-refractivity contribution >= 4 is 10.0 Å². The van der Waals surface area contributed by atoms with Crippen LogP contribution >= 0.6 is 0 Å². The van der Waals surface area contributed by atoms with Crippen molar-refractivity contribution < 1.29 is 26.3 Å². The van der Waals surface area contributed by atoms with Crippen molar-refractivity contribution in [1.82, 2.24) is 19.5 Å². The van der Waals surface area contributed by atoms with Crippen molar-refractivity contribution in [3.8, 4) is 17.1 Å². The quantitative estimate of drug-likeness (QED) is 0.673. The second-order valence-corrected chi connectivity index (χ2v) is 7.47. The van der Waals surface area contributed by atoms with E-state index in [-0.39, 0.29) is 11.4 Å². The number of halogens is 3. The average Bonchev–Trinajstić information content (AvgIpc) is 3.01. The number of sulfonamides is 1. The molecular weight excluding hydrogens is 397 g/mol. The Morgan fingerprint density at radius 1 is 1.14 bits per heavy atom. The lowest BCUT2D eigenvalue weighted by molar-refractivity contribution is -0.274. The fourth-order valence-corrected chi connectivity index (χ4v) is 3.44. The summed E-state index contributed by atoms with van der Waals surface area (Å²) in [6.45, 7) is -0.0934. The zero-order chi connectivity index (χ0) is 20.4.